The van der Waals surface area contributed by atoms with E-state index in [-0.39, 0.29) is 6.04 Å². The molecule has 1 aromatic heterocycles. The highest BCUT2D eigenvalue weighted by Gasteiger charge is 2.16. The second kappa shape index (κ2) is 7.84. The standard InChI is InChI=1S/C17H25N3O/c1-4-9-18-16(17-19-10-11-20(17)5-2)13-14-7-6-8-15(12-14)21-3/h6-8,10-12,16,18H,4-5,9,13H2,1-3H3. The van der Waals surface area contributed by atoms with Crippen molar-refractivity contribution < 1.29 is 4.74 Å². The Labute approximate surface area is 127 Å². The van der Waals surface area contributed by atoms with E-state index in [0.29, 0.717) is 0 Å². The summed E-state index contributed by atoms with van der Waals surface area (Å²) in [6, 6.07) is 8.48. The summed E-state index contributed by atoms with van der Waals surface area (Å²) in [7, 11) is 1.70. The first-order chi connectivity index (χ1) is 10.3. The first-order valence-corrected chi connectivity index (χ1v) is 7.65. The molecule has 1 atom stereocenters. The molecule has 0 radical (unpaired) electrons. The van der Waals surface area contributed by atoms with Crippen LogP contribution in [0.4, 0.5) is 0 Å². The maximum absolute atomic E-state index is 5.31. The second-order valence-corrected chi connectivity index (χ2v) is 5.13. The van der Waals surface area contributed by atoms with Gasteiger partial charge in [-0.25, -0.2) is 4.98 Å². The van der Waals surface area contributed by atoms with Gasteiger partial charge in [0.25, 0.3) is 0 Å². The average molecular weight is 287 g/mol. The van der Waals surface area contributed by atoms with Crippen LogP contribution in [-0.2, 0) is 13.0 Å². The van der Waals surface area contributed by atoms with E-state index in [1.807, 2.05) is 24.5 Å². The molecule has 1 N–H and O–H groups in total. The molecule has 2 rings (SSSR count). The van der Waals surface area contributed by atoms with Crippen molar-refractivity contribution in [2.24, 2.45) is 0 Å². The molecule has 0 aliphatic carbocycles. The maximum Gasteiger partial charge on any atom is 0.126 e. The Balaban J connectivity index is 2.19. The van der Waals surface area contributed by atoms with Crippen LogP contribution in [0, 0.1) is 0 Å². The van der Waals surface area contributed by atoms with E-state index in [1.165, 1.54) is 5.56 Å². The number of nitrogens with one attached hydrogen (secondary N) is 1. The first kappa shape index (κ1) is 15.6. The number of hydrogen-bond donors (Lipinski definition) is 1. The summed E-state index contributed by atoms with van der Waals surface area (Å²) in [5.41, 5.74) is 1.26. The van der Waals surface area contributed by atoms with Crippen LogP contribution in [0.5, 0.6) is 5.75 Å². The van der Waals surface area contributed by atoms with Gasteiger partial charge in [0.2, 0.25) is 0 Å². The van der Waals surface area contributed by atoms with Gasteiger partial charge in [-0.15, -0.1) is 0 Å². The third-order valence-electron chi connectivity index (χ3n) is 3.61. The fourth-order valence-corrected chi connectivity index (χ4v) is 2.51. The highest BCUT2D eigenvalue weighted by molar-refractivity contribution is 5.29. The van der Waals surface area contributed by atoms with Crippen LogP contribution in [0.1, 0.15) is 37.7 Å². The molecule has 0 bridgehead atoms. The third-order valence-corrected chi connectivity index (χ3v) is 3.61. The molecule has 1 aromatic carbocycles. The summed E-state index contributed by atoms with van der Waals surface area (Å²) < 4.78 is 7.51. The van der Waals surface area contributed by atoms with Crippen molar-refractivity contribution in [3.05, 3.63) is 48.0 Å². The predicted octanol–water partition coefficient (Wildman–Crippen LogP) is 3.20. The molecule has 0 saturated heterocycles. The Kier molecular flexibility index (Phi) is 5.81. The molecular weight excluding hydrogens is 262 g/mol. The number of nitrogens with zero attached hydrogens (tertiary/aromatic N) is 2. The highest BCUT2D eigenvalue weighted by atomic mass is 16.5. The molecule has 0 saturated carbocycles. The van der Waals surface area contributed by atoms with Crippen molar-refractivity contribution in [3.8, 4) is 5.75 Å². The Morgan fingerprint density at radius 3 is 2.90 bits per heavy atom. The molecular formula is C17H25N3O. The number of aromatic nitrogens is 2. The molecule has 21 heavy (non-hydrogen) atoms. The van der Waals surface area contributed by atoms with Gasteiger partial charge in [0.15, 0.2) is 0 Å². The normalized spacial score (nSPS) is 12.3. The lowest BCUT2D eigenvalue weighted by molar-refractivity contribution is 0.413. The van der Waals surface area contributed by atoms with Crippen molar-refractivity contribution in [1.82, 2.24) is 14.9 Å². The Hall–Kier alpha value is -1.81. The minimum Gasteiger partial charge on any atom is -0.497 e. The van der Waals surface area contributed by atoms with E-state index in [0.717, 1.165) is 37.5 Å². The zero-order valence-corrected chi connectivity index (χ0v) is 13.2. The van der Waals surface area contributed by atoms with Gasteiger partial charge in [-0.05, 0) is 44.0 Å². The Bertz CT molecular complexity index is 550. The van der Waals surface area contributed by atoms with Crippen LogP contribution in [0.15, 0.2) is 36.7 Å². The highest BCUT2D eigenvalue weighted by Crippen LogP contribution is 2.20. The van der Waals surface area contributed by atoms with Crippen molar-refractivity contribution in [1.29, 1.82) is 0 Å². The minimum absolute atomic E-state index is 0.229. The van der Waals surface area contributed by atoms with Crippen LogP contribution in [-0.4, -0.2) is 23.2 Å². The van der Waals surface area contributed by atoms with E-state index in [4.69, 9.17) is 4.74 Å². The molecule has 0 amide bonds. The molecule has 0 fully saturated rings. The van der Waals surface area contributed by atoms with Crippen molar-refractivity contribution in [2.45, 2.75) is 39.3 Å². The minimum atomic E-state index is 0.229. The number of ether oxygens (including phenoxy) is 1. The van der Waals surface area contributed by atoms with E-state index in [2.05, 4.69) is 40.8 Å². The van der Waals surface area contributed by atoms with Gasteiger partial charge in [-0.3, -0.25) is 0 Å². The lowest BCUT2D eigenvalue weighted by atomic mass is 10.0. The SMILES string of the molecule is CCCNC(Cc1cccc(OC)c1)c1nccn1CC. The second-order valence-electron chi connectivity index (χ2n) is 5.13. The Morgan fingerprint density at radius 1 is 1.33 bits per heavy atom. The third kappa shape index (κ3) is 4.08. The van der Waals surface area contributed by atoms with Gasteiger partial charge in [-0.1, -0.05) is 19.1 Å². The number of hydrogen-bond acceptors (Lipinski definition) is 3. The zero-order chi connectivity index (χ0) is 15.1. The lowest BCUT2D eigenvalue weighted by Gasteiger charge is -2.19. The summed E-state index contributed by atoms with van der Waals surface area (Å²) in [6.45, 7) is 6.26. The van der Waals surface area contributed by atoms with Crippen LogP contribution in [0.2, 0.25) is 0 Å². The van der Waals surface area contributed by atoms with Crippen molar-refractivity contribution in [2.75, 3.05) is 13.7 Å². The zero-order valence-electron chi connectivity index (χ0n) is 13.2. The fourth-order valence-electron chi connectivity index (χ4n) is 2.51. The molecule has 0 aliphatic rings. The summed E-state index contributed by atoms with van der Waals surface area (Å²) in [5.74, 6) is 2.01. The van der Waals surface area contributed by atoms with Crippen LogP contribution < -0.4 is 10.1 Å². The Morgan fingerprint density at radius 2 is 2.19 bits per heavy atom. The van der Waals surface area contributed by atoms with Crippen LogP contribution in [0.25, 0.3) is 0 Å². The largest absolute Gasteiger partial charge is 0.497 e. The number of rotatable bonds is 8. The molecule has 114 valence electrons. The van der Waals surface area contributed by atoms with Crippen LogP contribution in [0.3, 0.4) is 0 Å². The van der Waals surface area contributed by atoms with Gasteiger partial charge in [-0.2, -0.15) is 0 Å². The molecule has 1 unspecified atom stereocenters. The predicted molar refractivity (Wildman–Crippen MR) is 85.6 cm³/mol. The van der Waals surface area contributed by atoms with E-state index < -0.39 is 0 Å². The molecule has 2 aromatic rings. The number of imidazole rings is 1. The fraction of sp³-hybridized carbons (Fsp3) is 0.471. The summed E-state index contributed by atoms with van der Waals surface area (Å²) >= 11 is 0. The maximum atomic E-state index is 5.31. The molecule has 4 nitrogen and oxygen atoms in total. The van der Waals surface area contributed by atoms with Crippen molar-refractivity contribution >= 4 is 0 Å². The van der Waals surface area contributed by atoms with Gasteiger partial charge in [0.05, 0.1) is 13.2 Å². The molecule has 1 heterocycles. The molecule has 0 aliphatic heterocycles. The van der Waals surface area contributed by atoms with Crippen molar-refractivity contribution in [3.63, 3.8) is 0 Å². The number of methoxy groups -OCH3 is 1. The van der Waals surface area contributed by atoms with E-state index in [9.17, 15) is 0 Å². The smallest absolute Gasteiger partial charge is 0.126 e. The topological polar surface area (TPSA) is 39.1 Å². The molecule has 0 spiro atoms. The van der Waals surface area contributed by atoms with E-state index in [1.54, 1.807) is 7.11 Å². The first-order valence-electron chi connectivity index (χ1n) is 7.65. The number of benzene rings is 1. The summed E-state index contributed by atoms with van der Waals surface area (Å²) in [4.78, 5) is 4.55. The molecule has 4 heteroatoms. The van der Waals surface area contributed by atoms with Gasteiger partial charge < -0.3 is 14.6 Å². The monoisotopic (exact) mass is 287 g/mol. The van der Waals surface area contributed by atoms with Gasteiger partial charge >= 0.3 is 0 Å². The quantitative estimate of drug-likeness (QED) is 0.810. The number of aryl methyl sites for hydroxylation is 1. The summed E-state index contributed by atoms with van der Waals surface area (Å²) in [5, 5.41) is 3.61. The summed E-state index contributed by atoms with van der Waals surface area (Å²) in [6.07, 6.45) is 5.95. The lowest BCUT2D eigenvalue weighted by Crippen LogP contribution is -2.27. The van der Waals surface area contributed by atoms with Gasteiger partial charge in [0, 0.05) is 18.9 Å². The van der Waals surface area contributed by atoms with Gasteiger partial charge in [0.1, 0.15) is 11.6 Å². The van der Waals surface area contributed by atoms with E-state index >= 15 is 0 Å². The van der Waals surface area contributed by atoms with Crippen LogP contribution >= 0.6 is 0 Å². The average Bonchev–Trinajstić information content (AvgIpc) is 3.00.